The predicted molar refractivity (Wildman–Crippen MR) is 103 cm³/mol. The van der Waals surface area contributed by atoms with Crippen LogP contribution in [0.25, 0.3) is 0 Å². The van der Waals surface area contributed by atoms with Crippen LogP contribution in [0.1, 0.15) is 90.4 Å². The van der Waals surface area contributed by atoms with E-state index in [2.05, 4.69) is 6.92 Å². The highest BCUT2D eigenvalue weighted by molar-refractivity contribution is 5.82. The van der Waals surface area contributed by atoms with Crippen LogP contribution < -0.4 is 5.32 Å². The van der Waals surface area contributed by atoms with Gasteiger partial charge in [-0.25, -0.2) is 0 Å². The minimum atomic E-state index is -5.10. The molecule has 28 heavy (non-hydrogen) atoms. The van der Waals surface area contributed by atoms with E-state index in [-0.39, 0.29) is 6.42 Å². The Bertz CT molecular complexity index is 394. The third-order valence-electron chi connectivity index (χ3n) is 4.93. The van der Waals surface area contributed by atoms with Gasteiger partial charge < -0.3 is 20.6 Å². The molecule has 3 atom stereocenters. The summed E-state index contributed by atoms with van der Waals surface area (Å²) < 4.78 is 36.7. The van der Waals surface area contributed by atoms with E-state index in [1.807, 2.05) is 0 Å². The lowest BCUT2D eigenvalue weighted by Gasteiger charge is -2.26. The number of halogens is 3. The fourth-order valence-electron chi connectivity index (χ4n) is 3.12. The van der Waals surface area contributed by atoms with E-state index >= 15 is 0 Å². The Morgan fingerprint density at radius 3 is 1.68 bits per heavy atom. The highest BCUT2D eigenvalue weighted by Crippen LogP contribution is 2.17. The normalized spacial score (nSPS) is 15.2. The second-order valence-electron chi connectivity index (χ2n) is 7.50. The fourth-order valence-corrected chi connectivity index (χ4v) is 3.12. The van der Waals surface area contributed by atoms with Crippen molar-refractivity contribution in [1.29, 1.82) is 0 Å². The van der Waals surface area contributed by atoms with Crippen molar-refractivity contribution in [2.24, 2.45) is 0 Å². The van der Waals surface area contributed by atoms with Gasteiger partial charge in [0.15, 0.2) is 0 Å². The van der Waals surface area contributed by atoms with Gasteiger partial charge >= 0.3 is 12.1 Å². The highest BCUT2D eigenvalue weighted by atomic mass is 19.4. The van der Waals surface area contributed by atoms with E-state index in [0.717, 1.165) is 19.3 Å². The largest absolute Gasteiger partial charge is 0.471 e. The molecule has 4 N–H and O–H groups in total. The maximum Gasteiger partial charge on any atom is 0.471 e. The van der Waals surface area contributed by atoms with Crippen molar-refractivity contribution >= 4 is 5.91 Å². The lowest BCUT2D eigenvalue weighted by molar-refractivity contribution is -0.176. The number of amides is 1. The number of nitrogens with one attached hydrogen (secondary N) is 1. The summed E-state index contributed by atoms with van der Waals surface area (Å²) in [6, 6.07) is -1.55. The summed E-state index contributed by atoms with van der Waals surface area (Å²) in [6.07, 6.45) is 5.92. The van der Waals surface area contributed by atoms with Gasteiger partial charge in [0.05, 0.1) is 18.8 Å². The summed E-state index contributed by atoms with van der Waals surface area (Å²) in [7, 11) is 0. The molecule has 0 bridgehead atoms. The average molecular weight is 414 g/mol. The zero-order chi connectivity index (χ0) is 21.4. The minimum absolute atomic E-state index is 0.205. The van der Waals surface area contributed by atoms with E-state index in [1.54, 1.807) is 0 Å². The number of aliphatic hydroxyl groups excluding tert-OH is 3. The maximum atomic E-state index is 12.2. The zero-order valence-corrected chi connectivity index (χ0v) is 17.0. The summed E-state index contributed by atoms with van der Waals surface area (Å²) in [5, 5.41) is 30.4. The third-order valence-corrected chi connectivity index (χ3v) is 4.93. The first-order chi connectivity index (χ1) is 13.2. The zero-order valence-electron chi connectivity index (χ0n) is 17.0. The van der Waals surface area contributed by atoms with Gasteiger partial charge in [0.25, 0.3) is 0 Å². The molecular weight excluding hydrogens is 375 g/mol. The number of carbonyl (C=O) groups is 1. The number of rotatable bonds is 17. The van der Waals surface area contributed by atoms with Crippen molar-refractivity contribution in [2.45, 2.75) is 115 Å². The number of alkyl halides is 3. The van der Waals surface area contributed by atoms with Gasteiger partial charge in [0.2, 0.25) is 0 Å². The third kappa shape index (κ3) is 13.3. The van der Waals surface area contributed by atoms with Crippen LogP contribution in [0, 0.1) is 0 Å². The molecule has 1 amide bonds. The van der Waals surface area contributed by atoms with Crippen molar-refractivity contribution in [2.75, 3.05) is 6.61 Å². The second kappa shape index (κ2) is 16.0. The molecule has 0 aliphatic heterocycles. The van der Waals surface area contributed by atoms with Crippen LogP contribution in [0.5, 0.6) is 0 Å². The van der Waals surface area contributed by atoms with E-state index < -0.39 is 36.9 Å². The quantitative estimate of drug-likeness (QED) is 0.273. The van der Waals surface area contributed by atoms with Crippen LogP contribution in [-0.4, -0.2) is 52.3 Å². The molecule has 0 saturated carbocycles. The molecule has 0 fully saturated rings. The van der Waals surface area contributed by atoms with Gasteiger partial charge in [-0.2, -0.15) is 13.2 Å². The van der Waals surface area contributed by atoms with Crippen molar-refractivity contribution in [1.82, 2.24) is 5.32 Å². The van der Waals surface area contributed by atoms with Crippen molar-refractivity contribution in [3.63, 3.8) is 0 Å². The summed E-state index contributed by atoms with van der Waals surface area (Å²) in [5.74, 6) is -2.25. The maximum absolute atomic E-state index is 12.2. The first-order valence-corrected chi connectivity index (χ1v) is 10.6. The van der Waals surface area contributed by atoms with Crippen LogP contribution in [0.3, 0.4) is 0 Å². The highest BCUT2D eigenvalue weighted by Gasteiger charge is 2.41. The monoisotopic (exact) mass is 413 g/mol. The Kier molecular flexibility index (Phi) is 15.5. The molecule has 0 heterocycles. The van der Waals surface area contributed by atoms with Crippen LogP contribution in [-0.2, 0) is 4.79 Å². The lowest BCUT2D eigenvalue weighted by atomic mass is 9.99. The molecule has 168 valence electrons. The fraction of sp³-hybridized carbons (Fsp3) is 0.950. The second-order valence-corrected chi connectivity index (χ2v) is 7.50. The van der Waals surface area contributed by atoms with Crippen molar-refractivity contribution in [3.8, 4) is 0 Å². The summed E-state index contributed by atoms with van der Waals surface area (Å²) in [5.41, 5.74) is 0. The van der Waals surface area contributed by atoms with Gasteiger partial charge in [0.1, 0.15) is 6.10 Å². The van der Waals surface area contributed by atoms with Crippen LogP contribution >= 0.6 is 0 Å². The van der Waals surface area contributed by atoms with Gasteiger partial charge in [-0.05, 0) is 6.42 Å². The molecule has 0 rings (SSSR count). The molecule has 8 heteroatoms. The molecule has 0 aliphatic rings. The Morgan fingerprint density at radius 2 is 1.29 bits per heavy atom. The van der Waals surface area contributed by atoms with Crippen LogP contribution in [0.15, 0.2) is 0 Å². The number of carbonyl (C=O) groups excluding carboxylic acids is 1. The van der Waals surface area contributed by atoms with Crippen LogP contribution in [0.2, 0.25) is 0 Å². The predicted octanol–water partition coefficient (Wildman–Crippen LogP) is 3.84. The number of aliphatic hydroxyl groups is 3. The van der Waals surface area contributed by atoms with E-state index in [9.17, 15) is 28.2 Å². The number of unbranched alkanes of at least 4 members (excludes halogenated alkanes) is 11. The molecule has 0 aromatic carbocycles. The average Bonchev–Trinajstić information content (AvgIpc) is 2.65. The van der Waals surface area contributed by atoms with Crippen molar-refractivity contribution in [3.05, 3.63) is 0 Å². The van der Waals surface area contributed by atoms with Gasteiger partial charge in [-0.15, -0.1) is 0 Å². The lowest BCUT2D eigenvalue weighted by Crippen LogP contribution is -2.53. The minimum Gasteiger partial charge on any atom is -0.394 e. The van der Waals surface area contributed by atoms with Gasteiger partial charge in [-0.1, -0.05) is 84.0 Å². The van der Waals surface area contributed by atoms with Crippen molar-refractivity contribution < 1.29 is 33.3 Å². The van der Waals surface area contributed by atoms with E-state index in [0.29, 0.717) is 6.42 Å². The van der Waals surface area contributed by atoms with Gasteiger partial charge in [0, 0.05) is 0 Å². The molecule has 1 unspecified atom stereocenters. The molecular formula is C20H38F3NO4. The van der Waals surface area contributed by atoms with E-state index in [4.69, 9.17) is 5.11 Å². The SMILES string of the molecule is CCCCCCCCCCCCCC[C@@H](O)[C@@H](O)C(CO)NC(=O)C(F)(F)F. The molecule has 0 aromatic heterocycles. The number of hydrogen-bond acceptors (Lipinski definition) is 4. The molecule has 5 nitrogen and oxygen atoms in total. The van der Waals surface area contributed by atoms with Gasteiger partial charge in [-0.3, -0.25) is 4.79 Å². The molecule has 0 saturated heterocycles. The molecule has 0 radical (unpaired) electrons. The topological polar surface area (TPSA) is 89.8 Å². The first-order valence-electron chi connectivity index (χ1n) is 10.6. The smallest absolute Gasteiger partial charge is 0.394 e. The van der Waals surface area contributed by atoms with Crippen LogP contribution in [0.4, 0.5) is 13.2 Å². The summed E-state index contributed by atoms with van der Waals surface area (Å²) >= 11 is 0. The molecule has 0 spiro atoms. The first kappa shape index (κ1) is 27.1. The summed E-state index contributed by atoms with van der Waals surface area (Å²) in [6.45, 7) is 1.31. The Balaban J connectivity index is 3.78. The standard InChI is InChI=1S/C20H38F3NO4/c1-2-3-4-5-6-7-8-9-10-11-12-13-14-17(26)18(27)16(15-25)24-19(28)20(21,22)23/h16-18,25-27H,2-15H2,1H3,(H,24,28)/t16?,17-,18+/m1/s1. The molecule has 0 aliphatic carbocycles. The van der Waals surface area contributed by atoms with E-state index in [1.165, 1.54) is 56.7 Å². The Labute approximate surface area is 166 Å². The number of hydrogen-bond donors (Lipinski definition) is 4. The Hall–Kier alpha value is -0.860. The summed E-state index contributed by atoms with van der Waals surface area (Å²) in [4.78, 5) is 10.9. The Morgan fingerprint density at radius 1 is 0.857 bits per heavy atom. The molecule has 0 aromatic rings.